The van der Waals surface area contributed by atoms with E-state index in [9.17, 15) is 4.79 Å². The monoisotopic (exact) mass is 236 g/mol. The Balaban J connectivity index is 2.62. The number of ether oxygens (including phenoxy) is 1. The highest BCUT2D eigenvalue weighted by molar-refractivity contribution is 5.90. The molecule has 0 fully saturated rings. The van der Waals surface area contributed by atoms with E-state index in [0.29, 0.717) is 13.2 Å². The number of hydrogen-bond donors (Lipinski definition) is 2. The molecule has 1 aromatic carbocycles. The van der Waals surface area contributed by atoms with Gasteiger partial charge in [0.25, 0.3) is 0 Å². The van der Waals surface area contributed by atoms with Gasteiger partial charge >= 0.3 is 6.03 Å². The number of amides is 2. The predicted octanol–water partition coefficient (Wildman–Crippen LogP) is 2.93. The first kappa shape index (κ1) is 13.4. The Bertz CT molecular complexity index is 378. The van der Waals surface area contributed by atoms with Gasteiger partial charge < -0.3 is 15.4 Å². The number of hydrogen-bond acceptors (Lipinski definition) is 2. The number of urea groups is 1. The van der Waals surface area contributed by atoms with Gasteiger partial charge in [-0.05, 0) is 44.0 Å². The number of anilines is 1. The second kappa shape index (κ2) is 6.78. The van der Waals surface area contributed by atoms with Crippen LogP contribution in [-0.2, 0) is 0 Å². The van der Waals surface area contributed by atoms with Gasteiger partial charge in [-0.15, -0.1) is 0 Å². The number of carbonyl (C=O) groups excluding carboxylic acids is 1. The van der Waals surface area contributed by atoms with E-state index in [0.717, 1.165) is 23.4 Å². The molecule has 0 aliphatic rings. The van der Waals surface area contributed by atoms with E-state index in [1.54, 1.807) is 0 Å². The van der Waals surface area contributed by atoms with E-state index in [2.05, 4.69) is 10.6 Å². The molecule has 0 spiro atoms. The van der Waals surface area contributed by atoms with E-state index >= 15 is 0 Å². The van der Waals surface area contributed by atoms with E-state index in [1.807, 2.05) is 39.0 Å². The van der Waals surface area contributed by atoms with Crippen molar-refractivity contribution in [2.24, 2.45) is 0 Å². The molecule has 4 heteroatoms. The first-order valence-corrected chi connectivity index (χ1v) is 5.95. The molecule has 1 rings (SSSR count). The summed E-state index contributed by atoms with van der Waals surface area (Å²) in [5.41, 5.74) is 1.80. The van der Waals surface area contributed by atoms with E-state index in [1.165, 1.54) is 0 Å². The van der Waals surface area contributed by atoms with Crippen LogP contribution < -0.4 is 15.4 Å². The van der Waals surface area contributed by atoms with Crippen LogP contribution in [0.2, 0.25) is 0 Å². The van der Waals surface area contributed by atoms with E-state index in [-0.39, 0.29) is 6.03 Å². The average molecular weight is 236 g/mol. The summed E-state index contributed by atoms with van der Waals surface area (Å²) in [5, 5.41) is 5.58. The molecule has 94 valence electrons. The first-order chi connectivity index (χ1) is 8.17. The third-order valence-electron chi connectivity index (χ3n) is 2.29. The van der Waals surface area contributed by atoms with Crippen molar-refractivity contribution in [3.63, 3.8) is 0 Å². The maximum Gasteiger partial charge on any atom is 0.319 e. The molecular weight excluding hydrogens is 216 g/mol. The molecule has 0 saturated heterocycles. The SMILES string of the molecule is CCCNC(=O)Nc1ccc(OCC)cc1C. The second-order valence-corrected chi connectivity index (χ2v) is 3.79. The summed E-state index contributed by atoms with van der Waals surface area (Å²) >= 11 is 0. The van der Waals surface area contributed by atoms with Crippen LogP contribution in [0, 0.1) is 6.92 Å². The minimum Gasteiger partial charge on any atom is -0.494 e. The summed E-state index contributed by atoms with van der Waals surface area (Å²) in [6, 6.07) is 5.45. The Kier molecular flexibility index (Phi) is 5.33. The minimum atomic E-state index is -0.167. The zero-order valence-corrected chi connectivity index (χ0v) is 10.7. The Morgan fingerprint density at radius 1 is 1.35 bits per heavy atom. The van der Waals surface area contributed by atoms with Gasteiger partial charge in [-0.3, -0.25) is 0 Å². The topological polar surface area (TPSA) is 50.4 Å². The quantitative estimate of drug-likeness (QED) is 0.825. The molecule has 0 aromatic heterocycles. The normalized spacial score (nSPS) is 9.82. The molecule has 1 aromatic rings. The third kappa shape index (κ3) is 4.34. The van der Waals surface area contributed by atoms with Crippen LogP contribution in [0.4, 0.5) is 10.5 Å². The summed E-state index contributed by atoms with van der Waals surface area (Å²) in [5.74, 6) is 0.824. The molecule has 17 heavy (non-hydrogen) atoms. The van der Waals surface area contributed by atoms with Crippen LogP contribution in [0.1, 0.15) is 25.8 Å². The van der Waals surface area contributed by atoms with Crippen LogP contribution in [0.3, 0.4) is 0 Å². The first-order valence-electron chi connectivity index (χ1n) is 5.95. The van der Waals surface area contributed by atoms with Crippen LogP contribution >= 0.6 is 0 Å². The lowest BCUT2D eigenvalue weighted by atomic mass is 10.2. The zero-order chi connectivity index (χ0) is 12.7. The van der Waals surface area contributed by atoms with Crippen molar-refractivity contribution in [1.29, 1.82) is 0 Å². The molecule has 0 aliphatic heterocycles. The highest BCUT2D eigenvalue weighted by Gasteiger charge is 2.04. The smallest absolute Gasteiger partial charge is 0.319 e. The van der Waals surface area contributed by atoms with Gasteiger partial charge in [-0.1, -0.05) is 6.92 Å². The van der Waals surface area contributed by atoms with Crippen molar-refractivity contribution in [1.82, 2.24) is 5.32 Å². The molecule has 2 N–H and O–H groups in total. The fraction of sp³-hybridized carbons (Fsp3) is 0.462. The lowest BCUT2D eigenvalue weighted by Gasteiger charge is -2.11. The van der Waals surface area contributed by atoms with Crippen LogP contribution in [0.15, 0.2) is 18.2 Å². The molecule has 0 bridgehead atoms. The van der Waals surface area contributed by atoms with Gasteiger partial charge in [0.1, 0.15) is 5.75 Å². The lowest BCUT2D eigenvalue weighted by molar-refractivity contribution is 0.252. The predicted molar refractivity (Wildman–Crippen MR) is 69.7 cm³/mol. The Labute approximate surface area is 102 Å². The minimum absolute atomic E-state index is 0.167. The third-order valence-corrected chi connectivity index (χ3v) is 2.29. The maximum absolute atomic E-state index is 11.5. The van der Waals surface area contributed by atoms with Crippen molar-refractivity contribution in [2.75, 3.05) is 18.5 Å². The van der Waals surface area contributed by atoms with Crippen molar-refractivity contribution < 1.29 is 9.53 Å². The van der Waals surface area contributed by atoms with Gasteiger partial charge in [0.2, 0.25) is 0 Å². The Morgan fingerprint density at radius 2 is 2.12 bits per heavy atom. The van der Waals surface area contributed by atoms with Gasteiger partial charge in [0, 0.05) is 12.2 Å². The van der Waals surface area contributed by atoms with Crippen LogP contribution in [0.25, 0.3) is 0 Å². The van der Waals surface area contributed by atoms with Crippen molar-refractivity contribution in [3.8, 4) is 5.75 Å². The number of rotatable bonds is 5. The fourth-order valence-corrected chi connectivity index (χ4v) is 1.44. The van der Waals surface area contributed by atoms with Gasteiger partial charge in [-0.2, -0.15) is 0 Å². The summed E-state index contributed by atoms with van der Waals surface area (Å²) in [7, 11) is 0. The van der Waals surface area contributed by atoms with Crippen LogP contribution in [0.5, 0.6) is 5.75 Å². The largest absolute Gasteiger partial charge is 0.494 e. The molecule has 0 radical (unpaired) electrons. The number of carbonyl (C=O) groups is 1. The molecule has 2 amide bonds. The molecule has 0 saturated carbocycles. The van der Waals surface area contributed by atoms with Crippen molar-refractivity contribution >= 4 is 11.7 Å². The number of nitrogens with one attached hydrogen (secondary N) is 2. The lowest BCUT2D eigenvalue weighted by Crippen LogP contribution is -2.29. The number of aryl methyl sites for hydroxylation is 1. The summed E-state index contributed by atoms with van der Waals surface area (Å²) in [4.78, 5) is 11.5. The van der Waals surface area contributed by atoms with E-state index < -0.39 is 0 Å². The van der Waals surface area contributed by atoms with Gasteiger partial charge in [-0.25, -0.2) is 4.79 Å². The molecule has 0 heterocycles. The molecule has 0 atom stereocenters. The molecule has 0 unspecified atom stereocenters. The molecule has 4 nitrogen and oxygen atoms in total. The van der Waals surface area contributed by atoms with Gasteiger partial charge in [0.15, 0.2) is 0 Å². The summed E-state index contributed by atoms with van der Waals surface area (Å²) in [6.07, 6.45) is 0.926. The fourth-order valence-electron chi connectivity index (χ4n) is 1.44. The van der Waals surface area contributed by atoms with Crippen molar-refractivity contribution in [2.45, 2.75) is 27.2 Å². The Hall–Kier alpha value is -1.71. The van der Waals surface area contributed by atoms with E-state index in [4.69, 9.17) is 4.74 Å². The van der Waals surface area contributed by atoms with Gasteiger partial charge in [0.05, 0.1) is 6.61 Å². The second-order valence-electron chi connectivity index (χ2n) is 3.79. The maximum atomic E-state index is 11.5. The van der Waals surface area contributed by atoms with Crippen LogP contribution in [-0.4, -0.2) is 19.2 Å². The molecule has 0 aliphatic carbocycles. The highest BCUT2D eigenvalue weighted by Crippen LogP contribution is 2.21. The van der Waals surface area contributed by atoms with Crippen molar-refractivity contribution in [3.05, 3.63) is 23.8 Å². The standard InChI is InChI=1S/C13H20N2O2/c1-4-8-14-13(16)15-12-7-6-11(17-5-2)9-10(12)3/h6-7,9H,4-5,8H2,1-3H3,(H2,14,15,16). The average Bonchev–Trinajstić information content (AvgIpc) is 2.30. The number of benzene rings is 1. The summed E-state index contributed by atoms with van der Waals surface area (Å²) < 4.78 is 5.38. The molecular formula is C13H20N2O2. The zero-order valence-electron chi connectivity index (χ0n) is 10.7. The Morgan fingerprint density at radius 3 is 2.71 bits per heavy atom. The summed E-state index contributed by atoms with van der Waals surface area (Å²) in [6.45, 7) is 7.23. The highest BCUT2D eigenvalue weighted by atomic mass is 16.5.